The number of carbonyl (C=O) groups excluding carboxylic acids is 1. The van der Waals surface area contributed by atoms with Crippen molar-refractivity contribution in [2.24, 2.45) is 7.05 Å². The molecule has 1 atom stereocenters. The van der Waals surface area contributed by atoms with E-state index in [1.165, 1.54) is 4.90 Å². The highest BCUT2D eigenvalue weighted by molar-refractivity contribution is 5.85. The summed E-state index contributed by atoms with van der Waals surface area (Å²) in [5.74, 6) is -1.02. The standard InChI is InChI=1S/C14H21N3O3/c1-9-11(10(2)16(3)15-9)8-13(18)17-7-5-4-6-12(17)14(19)20/h12H,4-8H2,1-3H3,(H,19,20). The molecule has 1 aromatic heterocycles. The first-order valence-corrected chi connectivity index (χ1v) is 6.93. The number of rotatable bonds is 3. The number of carboxylic acid groups (broad SMARTS) is 1. The minimum Gasteiger partial charge on any atom is -0.480 e. The van der Waals surface area contributed by atoms with Crippen molar-refractivity contribution in [1.29, 1.82) is 0 Å². The average Bonchev–Trinajstić information content (AvgIpc) is 2.65. The molecule has 1 amide bonds. The van der Waals surface area contributed by atoms with Gasteiger partial charge < -0.3 is 10.0 Å². The van der Waals surface area contributed by atoms with Gasteiger partial charge in [-0.2, -0.15) is 5.10 Å². The van der Waals surface area contributed by atoms with Crippen LogP contribution in [0.2, 0.25) is 0 Å². The highest BCUT2D eigenvalue weighted by atomic mass is 16.4. The summed E-state index contributed by atoms with van der Waals surface area (Å²) in [6.45, 7) is 4.34. The maximum Gasteiger partial charge on any atom is 0.326 e. The van der Waals surface area contributed by atoms with Crippen LogP contribution in [0.5, 0.6) is 0 Å². The van der Waals surface area contributed by atoms with Crippen molar-refractivity contribution < 1.29 is 14.7 Å². The molecule has 110 valence electrons. The molecule has 2 rings (SSSR count). The molecule has 6 heteroatoms. The van der Waals surface area contributed by atoms with Crippen LogP contribution in [0.1, 0.15) is 36.2 Å². The largest absolute Gasteiger partial charge is 0.480 e. The number of aryl methyl sites for hydroxylation is 2. The number of likely N-dealkylation sites (tertiary alicyclic amines) is 1. The zero-order valence-electron chi connectivity index (χ0n) is 12.2. The van der Waals surface area contributed by atoms with Gasteiger partial charge in [0.25, 0.3) is 0 Å². The number of piperidine rings is 1. The lowest BCUT2D eigenvalue weighted by Crippen LogP contribution is -2.48. The summed E-state index contributed by atoms with van der Waals surface area (Å²) in [5.41, 5.74) is 2.70. The monoisotopic (exact) mass is 279 g/mol. The lowest BCUT2D eigenvalue weighted by atomic mass is 10.0. The number of hydrogen-bond donors (Lipinski definition) is 1. The fraction of sp³-hybridized carbons (Fsp3) is 0.643. The third-order valence-corrected chi connectivity index (χ3v) is 4.10. The minimum absolute atomic E-state index is 0.115. The lowest BCUT2D eigenvalue weighted by Gasteiger charge is -2.33. The summed E-state index contributed by atoms with van der Waals surface area (Å²) in [5, 5.41) is 13.5. The third-order valence-electron chi connectivity index (χ3n) is 4.10. The van der Waals surface area contributed by atoms with E-state index in [-0.39, 0.29) is 12.3 Å². The molecule has 0 aliphatic carbocycles. The van der Waals surface area contributed by atoms with E-state index >= 15 is 0 Å². The van der Waals surface area contributed by atoms with Crippen molar-refractivity contribution in [1.82, 2.24) is 14.7 Å². The molecule has 0 aromatic carbocycles. The van der Waals surface area contributed by atoms with Gasteiger partial charge >= 0.3 is 5.97 Å². The first kappa shape index (κ1) is 14.6. The van der Waals surface area contributed by atoms with Gasteiger partial charge in [-0.25, -0.2) is 4.79 Å². The number of aromatic nitrogens is 2. The molecule has 0 saturated carbocycles. The van der Waals surface area contributed by atoms with E-state index in [4.69, 9.17) is 0 Å². The Labute approximate surface area is 118 Å². The normalized spacial score (nSPS) is 19.1. The van der Waals surface area contributed by atoms with Crippen LogP contribution >= 0.6 is 0 Å². The van der Waals surface area contributed by atoms with E-state index in [0.29, 0.717) is 13.0 Å². The summed E-state index contributed by atoms with van der Waals surface area (Å²) < 4.78 is 1.75. The van der Waals surface area contributed by atoms with Crippen LogP contribution in [0, 0.1) is 13.8 Å². The molecular weight excluding hydrogens is 258 g/mol. The predicted molar refractivity (Wildman–Crippen MR) is 73.4 cm³/mol. The Morgan fingerprint density at radius 1 is 1.35 bits per heavy atom. The van der Waals surface area contributed by atoms with Gasteiger partial charge in [0.2, 0.25) is 5.91 Å². The molecule has 6 nitrogen and oxygen atoms in total. The van der Waals surface area contributed by atoms with E-state index in [9.17, 15) is 14.7 Å². The summed E-state index contributed by atoms with van der Waals surface area (Å²) in [6, 6.07) is -0.673. The van der Waals surface area contributed by atoms with Gasteiger partial charge in [-0.3, -0.25) is 9.48 Å². The van der Waals surface area contributed by atoms with Crippen LogP contribution in [-0.4, -0.2) is 44.3 Å². The van der Waals surface area contributed by atoms with Crippen LogP contribution in [0.25, 0.3) is 0 Å². The van der Waals surface area contributed by atoms with Crippen molar-refractivity contribution >= 4 is 11.9 Å². The summed E-state index contributed by atoms with van der Waals surface area (Å²) in [6.07, 6.45) is 2.52. The number of amides is 1. The lowest BCUT2D eigenvalue weighted by molar-refractivity contribution is -0.151. The fourth-order valence-electron chi connectivity index (χ4n) is 2.81. The molecule has 1 unspecified atom stereocenters. The number of hydrogen-bond acceptors (Lipinski definition) is 3. The van der Waals surface area contributed by atoms with E-state index < -0.39 is 12.0 Å². The van der Waals surface area contributed by atoms with Crippen molar-refractivity contribution in [3.05, 3.63) is 17.0 Å². The molecule has 0 radical (unpaired) electrons. The van der Waals surface area contributed by atoms with Gasteiger partial charge in [-0.15, -0.1) is 0 Å². The quantitative estimate of drug-likeness (QED) is 0.897. The molecule has 1 aliphatic heterocycles. The molecule has 1 aromatic rings. The summed E-state index contributed by atoms with van der Waals surface area (Å²) in [7, 11) is 1.84. The van der Waals surface area contributed by atoms with Crippen molar-refractivity contribution in [3.63, 3.8) is 0 Å². The zero-order valence-corrected chi connectivity index (χ0v) is 12.2. The Hall–Kier alpha value is -1.85. The minimum atomic E-state index is -0.905. The smallest absolute Gasteiger partial charge is 0.326 e. The highest BCUT2D eigenvalue weighted by Gasteiger charge is 2.32. The first-order valence-electron chi connectivity index (χ1n) is 6.93. The molecule has 1 saturated heterocycles. The predicted octanol–water partition coefficient (Wildman–Crippen LogP) is 1.05. The van der Waals surface area contributed by atoms with Crippen LogP contribution in [0.3, 0.4) is 0 Å². The molecule has 1 N–H and O–H groups in total. The maximum absolute atomic E-state index is 12.4. The second kappa shape index (κ2) is 5.64. The Balaban J connectivity index is 2.16. The third kappa shape index (κ3) is 2.69. The second-order valence-electron chi connectivity index (χ2n) is 5.39. The molecule has 0 spiro atoms. The topological polar surface area (TPSA) is 75.4 Å². The SMILES string of the molecule is Cc1nn(C)c(C)c1CC(=O)N1CCCCC1C(=O)O. The molecular formula is C14H21N3O3. The maximum atomic E-state index is 12.4. The van der Waals surface area contributed by atoms with Crippen LogP contribution in [-0.2, 0) is 23.1 Å². The second-order valence-corrected chi connectivity index (χ2v) is 5.39. The van der Waals surface area contributed by atoms with E-state index in [2.05, 4.69) is 5.10 Å². The van der Waals surface area contributed by atoms with Gasteiger partial charge in [0.05, 0.1) is 12.1 Å². The fourth-order valence-corrected chi connectivity index (χ4v) is 2.81. The molecule has 1 aliphatic rings. The van der Waals surface area contributed by atoms with Gasteiger partial charge in [0, 0.05) is 24.8 Å². The van der Waals surface area contributed by atoms with Crippen LogP contribution in [0.4, 0.5) is 0 Å². The average molecular weight is 279 g/mol. The van der Waals surface area contributed by atoms with Gasteiger partial charge in [-0.05, 0) is 33.1 Å². The molecule has 1 fully saturated rings. The van der Waals surface area contributed by atoms with Crippen molar-refractivity contribution in [2.75, 3.05) is 6.54 Å². The summed E-state index contributed by atoms with van der Waals surface area (Å²) in [4.78, 5) is 25.2. The highest BCUT2D eigenvalue weighted by Crippen LogP contribution is 2.20. The Bertz CT molecular complexity index is 536. The van der Waals surface area contributed by atoms with Crippen molar-refractivity contribution in [2.45, 2.75) is 45.6 Å². The molecule has 20 heavy (non-hydrogen) atoms. The number of aliphatic carboxylic acids is 1. The number of carboxylic acids is 1. The van der Waals surface area contributed by atoms with E-state index in [1.54, 1.807) is 4.68 Å². The Kier molecular flexibility index (Phi) is 4.11. The Morgan fingerprint density at radius 3 is 2.60 bits per heavy atom. The van der Waals surface area contributed by atoms with Gasteiger partial charge in [-0.1, -0.05) is 0 Å². The van der Waals surface area contributed by atoms with E-state index in [0.717, 1.165) is 29.8 Å². The van der Waals surface area contributed by atoms with Crippen LogP contribution in [0.15, 0.2) is 0 Å². The van der Waals surface area contributed by atoms with Gasteiger partial charge in [0.1, 0.15) is 6.04 Å². The van der Waals surface area contributed by atoms with Crippen molar-refractivity contribution in [3.8, 4) is 0 Å². The van der Waals surface area contributed by atoms with Gasteiger partial charge in [0.15, 0.2) is 0 Å². The van der Waals surface area contributed by atoms with Crippen LogP contribution < -0.4 is 0 Å². The number of nitrogens with zero attached hydrogens (tertiary/aromatic N) is 3. The summed E-state index contributed by atoms with van der Waals surface area (Å²) >= 11 is 0. The van der Waals surface area contributed by atoms with E-state index in [1.807, 2.05) is 20.9 Å². The Morgan fingerprint density at radius 2 is 2.05 bits per heavy atom. The zero-order chi connectivity index (χ0) is 14.9. The number of carbonyl (C=O) groups is 2. The first-order chi connectivity index (χ1) is 9.41. The molecule has 2 heterocycles. The molecule has 0 bridgehead atoms.